The van der Waals surface area contributed by atoms with Crippen LogP contribution in [0.4, 0.5) is 4.39 Å². The van der Waals surface area contributed by atoms with Gasteiger partial charge in [-0.2, -0.15) is 0 Å². The number of aliphatic imine (C=N–C) groups is 1. The maximum absolute atomic E-state index is 13.7. The van der Waals surface area contributed by atoms with E-state index in [1.807, 2.05) is 12.1 Å². The van der Waals surface area contributed by atoms with Gasteiger partial charge in [-0.25, -0.2) is 4.39 Å². The van der Waals surface area contributed by atoms with Gasteiger partial charge in [-0.1, -0.05) is 23.7 Å². The molecule has 0 fully saturated rings. The molecule has 2 aromatic rings. The summed E-state index contributed by atoms with van der Waals surface area (Å²) < 4.78 is 23.8. The van der Waals surface area contributed by atoms with Crippen molar-refractivity contribution in [3.8, 4) is 5.75 Å². The van der Waals surface area contributed by atoms with E-state index < -0.39 is 0 Å². The SMILES string of the molecule is CN=C(NCCc1ccc(OC)cc1Cl)NCc1ccc(F)c(COC)c1.I. The Morgan fingerprint density at radius 1 is 1.11 bits per heavy atom. The van der Waals surface area contributed by atoms with Crippen LogP contribution in [0.5, 0.6) is 5.75 Å². The summed E-state index contributed by atoms with van der Waals surface area (Å²) in [6, 6.07) is 10.6. The predicted octanol–water partition coefficient (Wildman–Crippen LogP) is 4.16. The van der Waals surface area contributed by atoms with E-state index in [1.54, 1.807) is 39.5 Å². The van der Waals surface area contributed by atoms with Crippen molar-refractivity contribution in [2.45, 2.75) is 19.6 Å². The highest BCUT2D eigenvalue weighted by Gasteiger charge is 2.06. The van der Waals surface area contributed by atoms with Crippen LogP contribution in [0.3, 0.4) is 0 Å². The van der Waals surface area contributed by atoms with Gasteiger partial charge in [0, 0.05) is 37.8 Å². The van der Waals surface area contributed by atoms with E-state index in [1.165, 1.54) is 6.07 Å². The molecule has 0 spiro atoms. The fourth-order valence-electron chi connectivity index (χ4n) is 2.58. The van der Waals surface area contributed by atoms with Crippen LogP contribution in [-0.2, 0) is 24.3 Å². The summed E-state index contributed by atoms with van der Waals surface area (Å²) in [7, 11) is 4.86. The summed E-state index contributed by atoms with van der Waals surface area (Å²) in [5.74, 6) is 1.14. The van der Waals surface area contributed by atoms with Crippen molar-refractivity contribution >= 4 is 41.5 Å². The molecule has 0 aliphatic carbocycles. The monoisotopic (exact) mass is 521 g/mol. The van der Waals surface area contributed by atoms with Crippen molar-refractivity contribution in [1.29, 1.82) is 0 Å². The van der Waals surface area contributed by atoms with Gasteiger partial charge < -0.3 is 20.1 Å². The van der Waals surface area contributed by atoms with E-state index in [9.17, 15) is 4.39 Å². The first-order valence-electron chi connectivity index (χ1n) is 8.60. The number of hydrogen-bond acceptors (Lipinski definition) is 3. The third-order valence-electron chi connectivity index (χ3n) is 4.04. The maximum atomic E-state index is 13.7. The molecule has 0 heterocycles. The number of halogens is 3. The van der Waals surface area contributed by atoms with Crippen LogP contribution in [0.15, 0.2) is 41.4 Å². The van der Waals surface area contributed by atoms with E-state index in [2.05, 4.69) is 15.6 Å². The van der Waals surface area contributed by atoms with E-state index in [-0.39, 0.29) is 36.4 Å². The lowest BCUT2D eigenvalue weighted by atomic mass is 10.1. The molecule has 28 heavy (non-hydrogen) atoms. The minimum Gasteiger partial charge on any atom is -0.497 e. The predicted molar refractivity (Wildman–Crippen MR) is 122 cm³/mol. The van der Waals surface area contributed by atoms with Crippen molar-refractivity contribution in [2.24, 2.45) is 4.99 Å². The van der Waals surface area contributed by atoms with Crippen molar-refractivity contribution in [3.63, 3.8) is 0 Å². The number of methoxy groups -OCH3 is 2. The average Bonchev–Trinajstić information content (AvgIpc) is 2.68. The highest BCUT2D eigenvalue weighted by atomic mass is 127. The van der Waals surface area contributed by atoms with Gasteiger partial charge in [0.2, 0.25) is 0 Å². The Kier molecular flexibility index (Phi) is 11.2. The van der Waals surface area contributed by atoms with Crippen LogP contribution < -0.4 is 15.4 Å². The quantitative estimate of drug-likeness (QED) is 0.311. The molecule has 2 rings (SSSR count). The first kappa shape index (κ1) is 24.5. The van der Waals surface area contributed by atoms with Crippen LogP contribution in [0.2, 0.25) is 5.02 Å². The second kappa shape index (κ2) is 12.8. The second-order valence-electron chi connectivity index (χ2n) is 5.92. The molecule has 0 amide bonds. The van der Waals surface area contributed by atoms with Crippen molar-refractivity contribution in [2.75, 3.05) is 27.8 Å². The topological polar surface area (TPSA) is 54.9 Å². The third kappa shape index (κ3) is 7.44. The molecular weight excluding hydrogens is 496 g/mol. The van der Waals surface area contributed by atoms with Crippen LogP contribution in [-0.4, -0.2) is 33.8 Å². The lowest BCUT2D eigenvalue weighted by molar-refractivity contribution is 0.181. The zero-order valence-electron chi connectivity index (χ0n) is 16.2. The summed E-state index contributed by atoms with van der Waals surface area (Å²) in [6.45, 7) is 1.44. The number of benzene rings is 2. The molecule has 0 radical (unpaired) electrons. The molecule has 0 aromatic heterocycles. The Morgan fingerprint density at radius 3 is 2.54 bits per heavy atom. The van der Waals surface area contributed by atoms with Gasteiger partial charge in [0.15, 0.2) is 5.96 Å². The van der Waals surface area contributed by atoms with E-state index in [0.29, 0.717) is 29.6 Å². The van der Waals surface area contributed by atoms with Crippen molar-refractivity contribution in [3.05, 3.63) is 63.9 Å². The van der Waals surface area contributed by atoms with E-state index in [0.717, 1.165) is 23.3 Å². The van der Waals surface area contributed by atoms with Crippen molar-refractivity contribution < 1.29 is 13.9 Å². The summed E-state index contributed by atoms with van der Waals surface area (Å²) in [4.78, 5) is 4.20. The van der Waals surface area contributed by atoms with Gasteiger partial charge >= 0.3 is 0 Å². The van der Waals surface area contributed by atoms with Gasteiger partial charge in [-0.15, -0.1) is 24.0 Å². The number of nitrogens with zero attached hydrogens (tertiary/aromatic N) is 1. The number of hydrogen-bond donors (Lipinski definition) is 2. The number of rotatable bonds is 8. The van der Waals surface area contributed by atoms with Gasteiger partial charge in [0.25, 0.3) is 0 Å². The van der Waals surface area contributed by atoms with Gasteiger partial charge in [-0.3, -0.25) is 4.99 Å². The molecule has 8 heteroatoms. The first-order chi connectivity index (χ1) is 13.1. The zero-order chi connectivity index (χ0) is 19.6. The molecule has 2 aromatic carbocycles. The van der Waals surface area contributed by atoms with E-state index >= 15 is 0 Å². The third-order valence-corrected chi connectivity index (χ3v) is 4.39. The summed E-state index contributed by atoms with van der Waals surface area (Å²) >= 11 is 6.26. The summed E-state index contributed by atoms with van der Waals surface area (Å²) in [5.41, 5.74) is 2.52. The minimum absolute atomic E-state index is 0. The van der Waals surface area contributed by atoms with Crippen LogP contribution in [0.1, 0.15) is 16.7 Å². The second-order valence-corrected chi connectivity index (χ2v) is 6.33. The molecule has 0 aliphatic rings. The fraction of sp³-hybridized carbons (Fsp3) is 0.350. The zero-order valence-corrected chi connectivity index (χ0v) is 19.3. The van der Waals surface area contributed by atoms with Crippen molar-refractivity contribution in [1.82, 2.24) is 10.6 Å². The van der Waals surface area contributed by atoms with Crippen LogP contribution >= 0.6 is 35.6 Å². The Morgan fingerprint density at radius 2 is 1.89 bits per heavy atom. The van der Waals surface area contributed by atoms with Gasteiger partial charge in [0.05, 0.1) is 13.7 Å². The smallest absolute Gasteiger partial charge is 0.191 e. The largest absolute Gasteiger partial charge is 0.497 e. The lowest BCUT2D eigenvalue weighted by Gasteiger charge is -2.13. The molecule has 0 saturated carbocycles. The molecule has 0 atom stereocenters. The molecule has 0 bridgehead atoms. The number of ether oxygens (including phenoxy) is 2. The standard InChI is InChI=1S/C20H25ClFN3O2.HI/c1-23-20(24-9-8-15-5-6-17(27-3)11-18(15)21)25-12-14-4-7-19(22)16(10-14)13-26-2;/h4-7,10-11H,8-9,12-13H2,1-3H3,(H2,23,24,25);1H. The highest BCUT2D eigenvalue weighted by molar-refractivity contribution is 14.0. The first-order valence-corrected chi connectivity index (χ1v) is 8.98. The van der Waals surface area contributed by atoms with Gasteiger partial charge in [-0.05, 0) is 41.8 Å². The number of nitrogens with one attached hydrogen (secondary N) is 2. The molecule has 154 valence electrons. The lowest BCUT2D eigenvalue weighted by Crippen LogP contribution is -2.37. The molecular formula is C20H26ClFIN3O2. The normalized spacial score (nSPS) is 11.0. The summed E-state index contributed by atoms with van der Waals surface area (Å²) in [5, 5.41) is 7.14. The Hall–Kier alpha value is -1.58. The fourth-order valence-corrected chi connectivity index (χ4v) is 2.85. The van der Waals surface area contributed by atoms with Crippen LogP contribution in [0.25, 0.3) is 0 Å². The molecule has 2 N–H and O–H groups in total. The average molecular weight is 522 g/mol. The maximum Gasteiger partial charge on any atom is 0.191 e. The minimum atomic E-state index is -0.264. The Bertz CT molecular complexity index is 790. The molecule has 0 aliphatic heterocycles. The van der Waals surface area contributed by atoms with Crippen LogP contribution in [0, 0.1) is 5.82 Å². The Labute approximate surface area is 187 Å². The van der Waals surface area contributed by atoms with Gasteiger partial charge in [0.1, 0.15) is 11.6 Å². The molecule has 0 unspecified atom stereocenters. The summed E-state index contributed by atoms with van der Waals surface area (Å²) in [6.07, 6.45) is 0.748. The highest BCUT2D eigenvalue weighted by Crippen LogP contribution is 2.22. The Balaban J connectivity index is 0.00000392. The number of guanidine groups is 1. The molecule has 5 nitrogen and oxygen atoms in total. The molecule has 0 saturated heterocycles. The van der Waals surface area contributed by atoms with E-state index in [4.69, 9.17) is 21.1 Å².